The first kappa shape index (κ1) is 20.0. The molecule has 0 radical (unpaired) electrons. The summed E-state index contributed by atoms with van der Waals surface area (Å²) in [6.45, 7) is 7.75. The smallest absolute Gasteiger partial charge is 0.545 e. The largest absolute Gasteiger partial charge is 1.00 e. The molecule has 0 aliphatic heterocycles. The fourth-order valence-electron chi connectivity index (χ4n) is 1.41. The van der Waals surface area contributed by atoms with Crippen molar-refractivity contribution >= 4 is 11.9 Å². The molecule has 98 valence electrons. The molecule has 0 rings (SSSR count). The summed E-state index contributed by atoms with van der Waals surface area (Å²) in [6.07, 6.45) is 3.91. The number of carbonyl (C=O) groups is 2. The maximum Gasteiger partial charge on any atom is 1.00 e. The summed E-state index contributed by atoms with van der Waals surface area (Å²) < 4.78 is 5.02. The zero-order valence-corrected chi connectivity index (χ0v) is 13.7. The minimum Gasteiger partial charge on any atom is -0.545 e. The standard InChI is InChI=1S/C13H22O4.Na/c1-4-6-7-11(5-2)9-17-12(14)8-10(3)13(15)16;/h11H,3-9H2,1-2H3,(H,15,16);/q;+1/p-1. The third kappa shape index (κ3) is 9.68. The number of ether oxygens (including phenoxy) is 1. The second-order valence-corrected chi connectivity index (χ2v) is 4.17. The Morgan fingerprint density at radius 2 is 1.94 bits per heavy atom. The van der Waals surface area contributed by atoms with Crippen LogP contribution in [0.25, 0.3) is 0 Å². The summed E-state index contributed by atoms with van der Waals surface area (Å²) in [4.78, 5) is 21.6. The SMILES string of the molecule is C=C(CC(=O)OCC(CC)CCCC)C(=O)[O-].[Na+]. The number of carboxylic acid groups (broad SMARTS) is 1. The van der Waals surface area contributed by atoms with Crippen LogP contribution < -0.4 is 34.7 Å². The van der Waals surface area contributed by atoms with E-state index in [1.54, 1.807) is 0 Å². The topological polar surface area (TPSA) is 66.4 Å². The number of rotatable bonds is 9. The molecule has 0 N–H and O–H groups in total. The van der Waals surface area contributed by atoms with Gasteiger partial charge in [0.05, 0.1) is 19.0 Å². The molecule has 0 bridgehead atoms. The molecule has 1 atom stereocenters. The van der Waals surface area contributed by atoms with E-state index in [1.807, 2.05) is 6.92 Å². The summed E-state index contributed by atoms with van der Waals surface area (Å²) in [6, 6.07) is 0. The van der Waals surface area contributed by atoms with Crippen LogP contribution in [0.1, 0.15) is 46.0 Å². The van der Waals surface area contributed by atoms with Crippen molar-refractivity contribution in [2.24, 2.45) is 5.92 Å². The Hall–Kier alpha value is -0.320. The number of unbranched alkanes of at least 4 members (excludes halogenated alkanes) is 1. The molecule has 0 saturated heterocycles. The van der Waals surface area contributed by atoms with E-state index in [9.17, 15) is 14.7 Å². The molecule has 0 aliphatic rings. The second kappa shape index (κ2) is 11.8. The number of hydrogen-bond acceptors (Lipinski definition) is 4. The van der Waals surface area contributed by atoms with Crippen molar-refractivity contribution in [3.63, 3.8) is 0 Å². The first-order chi connectivity index (χ1) is 8.01. The van der Waals surface area contributed by atoms with Gasteiger partial charge in [0.25, 0.3) is 0 Å². The zero-order valence-electron chi connectivity index (χ0n) is 11.7. The van der Waals surface area contributed by atoms with Gasteiger partial charge in [0.15, 0.2) is 0 Å². The van der Waals surface area contributed by atoms with Gasteiger partial charge in [0.1, 0.15) is 0 Å². The van der Waals surface area contributed by atoms with Crippen LogP contribution in [0.5, 0.6) is 0 Å². The van der Waals surface area contributed by atoms with Crippen LogP contribution in [0.2, 0.25) is 0 Å². The van der Waals surface area contributed by atoms with E-state index in [0.29, 0.717) is 12.5 Å². The second-order valence-electron chi connectivity index (χ2n) is 4.17. The molecular formula is C13H21NaO4. The molecule has 0 aliphatic carbocycles. The van der Waals surface area contributed by atoms with Gasteiger partial charge < -0.3 is 14.6 Å². The maximum atomic E-state index is 11.3. The van der Waals surface area contributed by atoms with E-state index in [4.69, 9.17) is 4.74 Å². The van der Waals surface area contributed by atoms with Gasteiger partial charge in [0.2, 0.25) is 0 Å². The van der Waals surface area contributed by atoms with E-state index in [-0.39, 0.29) is 41.6 Å². The van der Waals surface area contributed by atoms with Crippen molar-refractivity contribution < 1.29 is 49.0 Å². The Morgan fingerprint density at radius 3 is 2.39 bits per heavy atom. The van der Waals surface area contributed by atoms with Gasteiger partial charge in [0, 0.05) is 0 Å². The molecule has 0 aromatic rings. The Labute approximate surface area is 131 Å². The van der Waals surface area contributed by atoms with Crippen LogP contribution in [0.15, 0.2) is 12.2 Å². The minimum absolute atomic E-state index is 0. The van der Waals surface area contributed by atoms with E-state index in [1.165, 1.54) is 0 Å². The Bertz CT molecular complexity index is 276. The third-order valence-electron chi connectivity index (χ3n) is 2.67. The quantitative estimate of drug-likeness (QED) is 0.287. The molecule has 4 nitrogen and oxygen atoms in total. The first-order valence-corrected chi connectivity index (χ1v) is 6.05. The molecule has 0 saturated carbocycles. The molecule has 0 aromatic heterocycles. The summed E-state index contributed by atoms with van der Waals surface area (Å²) in [7, 11) is 0. The predicted octanol–water partition coefficient (Wildman–Crippen LogP) is -1.55. The Balaban J connectivity index is 0. The summed E-state index contributed by atoms with van der Waals surface area (Å²) in [5.41, 5.74) is -0.239. The van der Waals surface area contributed by atoms with Gasteiger partial charge in [-0.2, -0.15) is 0 Å². The first-order valence-electron chi connectivity index (χ1n) is 6.05. The molecule has 0 amide bonds. The van der Waals surface area contributed by atoms with Crippen molar-refractivity contribution in [1.82, 2.24) is 0 Å². The van der Waals surface area contributed by atoms with E-state index >= 15 is 0 Å². The molecule has 1 unspecified atom stereocenters. The predicted molar refractivity (Wildman–Crippen MR) is 63.0 cm³/mol. The van der Waals surface area contributed by atoms with E-state index in [0.717, 1.165) is 25.7 Å². The summed E-state index contributed by atoms with van der Waals surface area (Å²) in [5.74, 6) is -1.59. The van der Waals surface area contributed by atoms with Gasteiger partial charge in [-0.05, 0) is 17.9 Å². The summed E-state index contributed by atoms with van der Waals surface area (Å²) >= 11 is 0. The van der Waals surface area contributed by atoms with Crippen molar-refractivity contribution in [3.05, 3.63) is 12.2 Å². The number of esters is 1. The number of carboxylic acids is 1. The van der Waals surface area contributed by atoms with Crippen LogP contribution >= 0.6 is 0 Å². The fourth-order valence-corrected chi connectivity index (χ4v) is 1.41. The number of hydrogen-bond donors (Lipinski definition) is 0. The van der Waals surface area contributed by atoms with Crippen LogP contribution in [-0.2, 0) is 14.3 Å². The maximum absolute atomic E-state index is 11.3. The summed E-state index contributed by atoms with van der Waals surface area (Å²) in [5, 5.41) is 10.4. The number of aliphatic carboxylic acids is 1. The van der Waals surface area contributed by atoms with Crippen LogP contribution in [-0.4, -0.2) is 18.5 Å². The fraction of sp³-hybridized carbons (Fsp3) is 0.692. The van der Waals surface area contributed by atoms with Crippen molar-refractivity contribution in [3.8, 4) is 0 Å². The molecule has 0 aromatic carbocycles. The third-order valence-corrected chi connectivity index (χ3v) is 2.67. The van der Waals surface area contributed by atoms with Crippen LogP contribution in [0.3, 0.4) is 0 Å². The molecule has 0 fully saturated rings. The van der Waals surface area contributed by atoms with Crippen LogP contribution in [0, 0.1) is 5.92 Å². The average molecular weight is 264 g/mol. The minimum atomic E-state index is -1.40. The van der Waals surface area contributed by atoms with Crippen molar-refractivity contribution in [1.29, 1.82) is 0 Å². The Kier molecular flexibility index (Phi) is 13.1. The van der Waals surface area contributed by atoms with Gasteiger partial charge in [-0.3, -0.25) is 4.79 Å². The van der Waals surface area contributed by atoms with Gasteiger partial charge in [-0.25, -0.2) is 0 Å². The van der Waals surface area contributed by atoms with Gasteiger partial charge >= 0.3 is 35.5 Å². The van der Waals surface area contributed by atoms with Crippen LogP contribution in [0.4, 0.5) is 0 Å². The van der Waals surface area contributed by atoms with Gasteiger partial charge in [-0.1, -0.05) is 39.7 Å². The molecule has 18 heavy (non-hydrogen) atoms. The molecule has 5 heteroatoms. The van der Waals surface area contributed by atoms with E-state index in [2.05, 4.69) is 13.5 Å². The molecular weight excluding hydrogens is 243 g/mol. The average Bonchev–Trinajstić information content (AvgIpc) is 2.29. The Morgan fingerprint density at radius 1 is 1.33 bits per heavy atom. The number of carbonyl (C=O) groups excluding carboxylic acids is 2. The van der Waals surface area contributed by atoms with Gasteiger partial charge in [-0.15, -0.1) is 0 Å². The molecule has 0 heterocycles. The monoisotopic (exact) mass is 264 g/mol. The van der Waals surface area contributed by atoms with Crippen molar-refractivity contribution in [2.75, 3.05) is 6.61 Å². The normalized spacial score (nSPS) is 11.2. The van der Waals surface area contributed by atoms with E-state index < -0.39 is 11.9 Å². The zero-order chi connectivity index (χ0) is 13.3. The van der Waals surface area contributed by atoms with Crippen molar-refractivity contribution in [2.45, 2.75) is 46.0 Å². The molecule has 0 spiro atoms.